The molecule has 0 aliphatic rings. The highest BCUT2D eigenvalue weighted by atomic mass is 16.1. The summed E-state index contributed by atoms with van der Waals surface area (Å²) in [4.78, 5) is 9.69. The minimum Gasteiger partial charge on any atom is -0.402 e. The first-order valence-corrected chi connectivity index (χ1v) is 2.41. The Kier molecular flexibility index (Phi) is 3.88. The fourth-order valence-corrected chi connectivity index (χ4v) is 0.337. The lowest BCUT2D eigenvalue weighted by molar-refractivity contribution is -0.104. The topological polar surface area (TPSA) is 69.1 Å². The van der Waals surface area contributed by atoms with Gasteiger partial charge < -0.3 is 11.5 Å². The van der Waals surface area contributed by atoms with E-state index in [1.807, 2.05) is 0 Å². The number of rotatable bonds is 3. The molecular formula is C5H10N2O. The molecule has 0 saturated carbocycles. The third kappa shape index (κ3) is 3.36. The number of hydrogen-bond acceptors (Lipinski definition) is 3. The number of hydrogen-bond donors (Lipinski definition) is 2. The van der Waals surface area contributed by atoms with E-state index in [-0.39, 0.29) is 0 Å². The Morgan fingerprint density at radius 1 is 1.62 bits per heavy atom. The predicted molar refractivity (Wildman–Crippen MR) is 32.0 cm³/mol. The molecule has 0 amide bonds. The minimum absolute atomic E-state index is 0.496. The largest absolute Gasteiger partial charge is 0.402 e. The second-order valence-electron chi connectivity index (χ2n) is 1.42. The summed E-state index contributed by atoms with van der Waals surface area (Å²) in [5, 5.41) is 0. The average Bonchev–Trinajstić information content (AvgIpc) is 1.68. The highest BCUT2D eigenvalue weighted by molar-refractivity contribution is 5.65. The van der Waals surface area contributed by atoms with Gasteiger partial charge in [0, 0.05) is 5.70 Å². The molecule has 0 aliphatic carbocycles. The number of nitrogens with two attached hydrogens (primary N) is 2. The monoisotopic (exact) mass is 114 g/mol. The molecule has 3 nitrogen and oxygen atoms in total. The zero-order valence-electron chi connectivity index (χ0n) is 4.63. The molecule has 0 radical (unpaired) electrons. The smallest absolute Gasteiger partial charge is 0.144 e. The zero-order valence-corrected chi connectivity index (χ0v) is 4.63. The minimum atomic E-state index is 0.496. The lowest BCUT2D eigenvalue weighted by Crippen LogP contribution is -2.06. The van der Waals surface area contributed by atoms with Gasteiger partial charge in [0.15, 0.2) is 0 Å². The summed E-state index contributed by atoms with van der Waals surface area (Å²) in [7, 11) is 0. The van der Waals surface area contributed by atoms with Gasteiger partial charge >= 0.3 is 0 Å². The van der Waals surface area contributed by atoms with Crippen LogP contribution in [0.3, 0.4) is 0 Å². The Labute approximate surface area is 48.4 Å². The van der Waals surface area contributed by atoms with Crippen molar-refractivity contribution in [2.45, 2.75) is 6.42 Å². The van der Waals surface area contributed by atoms with Gasteiger partial charge in [-0.25, -0.2) is 0 Å². The number of allylic oxidation sites excluding steroid dienone is 1. The van der Waals surface area contributed by atoms with Crippen molar-refractivity contribution in [2.24, 2.45) is 11.5 Å². The highest BCUT2D eigenvalue weighted by Crippen LogP contribution is 1.84. The van der Waals surface area contributed by atoms with Crippen LogP contribution in [0, 0.1) is 0 Å². The van der Waals surface area contributed by atoms with Crippen molar-refractivity contribution in [3.63, 3.8) is 0 Å². The molecule has 4 N–H and O–H groups in total. The van der Waals surface area contributed by atoms with Gasteiger partial charge in [-0.05, 0) is 19.0 Å². The van der Waals surface area contributed by atoms with Crippen molar-refractivity contribution in [3.05, 3.63) is 11.8 Å². The summed E-state index contributed by atoms with van der Waals surface area (Å²) >= 11 is 0. The van der Waals surface area contributed by atoms with Gasteiger partial charge in [-0.2, -0.15) is 0 Å². The molecule has 0 heterocycles. The summed E-state index contributed by atoms with van der Waals surface area (Å²) in [6, 6.07) is 0. The molecule has 0 aromatic carbocycles. The Bertz CT molecular complexity index is 98.6. The van der Waals surface area contributed by atoms with Crippen LogP contribution >= 0.6 is 0 Å². The lowest BCUT2D eigenvalue weighted by Gasteiger charge is -1.91. The second kappa shape index (κ2) is 4.33. The predicted octanol–water partition coefficient (Wildman–Crippen LogP) is -0.623. The van der Waals surface area contributed by atoms with E-state index in [1.54, 1.807) is 0 Å². The van der Waals surface area contributed by atoms with Crippen LogP contribution in [0.25, 0.3) is 0 Å². The lowest BCUT2D eigenvalue weighted by atomic mass is 10.3. The Morgan fingerprint density at radius 3 is 2.62 bits per heavy atom. The zero-order chi connectivity index (χ0) is 6.41. The highest BCUT2D eigenvalue weighted by Gasteiger charge is 1.83. The molecule has 0 fully saturated rings. The molecule has 46 valence electrons. The van der Waals surface area contributed by atoms with E-state index in [0.29, 0.717) is 24.9 Å². The van der Waals surface area contributed by atoms with Crippen molar-refractivity contribution in [1.29, 1.82) is 0 Å². The van der Waals surface area contributed by atoms with E-state index in [0.717, 1.165) is 0 Å². The molecule has 0 spiro atoms. The van der Waals surface area contributed by atoms with Crippen LogP contribution in [0.1, 0.15) is 6.42 Å². The Hall–Kier alpha value is -0.830. The van der Waals surface area contributed by atoms with Gasteiger partial charge in [0.1, 0.15) is 6.29 Å². The van der Waals surface area contributed by atoms with Crippen molar-refractivity contribution in [3.8, 4) is 0 Å². The average molecular weight is 114 g/mol. The summed E-state index contributed by atoms with van der Waals surface area (Å²) in [5.74, 6) is 0. The van der Waals surface area contributed by atoms with Crippen LogP contribution in [0.15, 0.2) is 11.8 Å². The first kappa shape index (κ1) is 7.17. The van der Waals surface area contributed by atoms with E-state index in [1.165, 1.54) is 6.08 Å². The van der Waals surface area contributed by atoms with Gasteiger partial charge in [0.05, 0.1) is 0 Å². The van der Waals surface area contributed by atoms with E-state index < -0.39 is 0 Å². The third-order valence-electron chi connectivity index (χ3n) is 0.715. The summed E-state index contributed by atoms with van der Waals surface area (Å²) in [6.45, 7) is 0.496. The van der Waals surface area contributed by atoms with Crippen molar-refractivity contribution in [1.82, 2.24) is 0 Å². The van der Waals surface area contributed by atoms with Crippen LogP contribution in [0.5, 0.6) is 0 Å². The maximum atomic E-state index is 9.69. The molecule has 0 rings (SSSR count). The molecule has 8 heavy (non-hydrogen) atoms. The summed E-state index contributed by atoms with van der Waals surface area (Å²) < 4.78 is 0. The Morgan fingerprint density at radius 2 is 2.25 bits per heavy atom. The fourth-order valence-electron chi connectivity index (χ4n) is 0.337. The molecule has 0 aromatic heterocycles. The van der Waals surface area contributed by atoms with E-state index in [2.05, 4.69) is 0 Å². The quantitative estimate of drug-likeness (QED) is 0.379. The van der Waals surface area contributed by atoms with Crippen molar-refractivity contribution < 1.29 is 4.79 Å². The molecule has 0 aromatic rings. The van der Waals surface area contributed by atoms with Crippen molar-refractivity contribution in [2.75, 3.05) is 6.54 Å². The Balaban J connectivity index is 3.44. The number of carbonyl (C=O) groups excluding carboxylic acids is 1. The maximum Gasteiger partial charge on any atom is 0.144 e. The van der Waals surface area contributed by atoms with Gasteiger partial charge in [-0.1, -0.05) is 0 Å². The maximum absolute atomic E-state index is 9.69. The second-order valence-corrected chi connectivity index (χ2v) is 1.42. The van der Waals surface area contributed by atoms with Gasteiger partial charge in [0.2, 0.25) is 0 Å². The number of aldehydes is 1. The molecule has 3 heteroatoms. The SMILES string of the molecule is NCCC(N)=CC=O. The van der Waals surface area contributed by atoms with Crippen LogP contribution < -0.4 is 11.5 Å². The van der Waals surface area contributed by atoms with E-state index >= 15 is 0 Å². The van der Waals surface area contributed by atoms with Gasteiger partial charge in [-0.3, -0.25) is 4.79 Å². The van der Waals surface area contributed by atoms with Crippen molar-refractivity contribution >= 4 is 6.29 Å². The standard InChI is InChI=1S/C5H10N2O/c6-3-1-5(7)2-4-8/h2,4H,1,3,6-7H2. The molecular weight excluding hydrogens is 104 g/mol. The summed E-state index contributed by atoms with van der Waals surface area (Å²) in [6.07, 6.45) is 2.57. The first-order valence-electron chi connectivity index (χ1n) is 2.41. The molecule has 0 unspecified atom stereocenters. The normalized spacial score (nSPS) is 11.4. The molecule has 0 aliphatic heterocycles. The van der Waals surface area contributed by atoms with Crippen LogP contribution in [-0.2, 0) is 4.79 Å². The first-order chi connectivity index (χ1) is 3.81. The molecule has 0 bridgehead atoms. The van der Waals surface area contributed by atoms with Gasteiger partial charge in [-0.15, -0.1) is 0 Å². The fraction of sp³-hybridized carbons (Fsp3) is 0.400. The molecule has 0 saturated heterocycles. The van der Waals surface area contributed by atoms with E-state index in [4.69, 9.17) is 11.5 Å². The number of carbonyl (C=O) groups is 1. The van der Waals surface area contributed by atoms with Crippen LogP contribution in [-0.4, -0.2) is 12.8 Å². The summed E-state index contributed by atoms with van der Waals surface area (Å²) in [5.41, 5.74) is 10.9. The molecule has 0 atom stereocenters. The van der Waals surface area contributed by atoms with Crippen LogP contribution in [0.4, 0.5) is 0 Å². The van der Waals surface area contributed by atoms with Crippen LogP contribution in [0.2, 0.25) is 0 Å². The van der Waals surface area contributed by atoms with Gasteiger partial charge in [0.25, 0.3) is 0 Å². The van der Waals surface area contributed by atoms with E-state index in [9.17, 15) is 4.79 Å². The third-order valence-corrected chi connectivity index (χ3v) is 0.715.